The summed E-state index contributed by atoms with van der Waals surface area (Å²) in [5.41, 5.74) is 1.24. The second-order valence-corrected chi connectivity index (χ2v) is 5.37. The molecule has 3 aromatic rings. The summed E-state index contributed by atoms with van der Waals surface area (Å²) in [4.78, 5) is 31.1. The molecule has 3 N–H and O–H groups in total. The van der Waals surface area contributed by atoms with E-state index in [9.17, 15) is 9.59 Å². The predicted molar refractivity (Wildman–Crippen MR) is 94.7 cm³/mol. The molecule has 0 unspecified atom stereocenters. The summed E-state index contributed by atoms with van der Waals surface area (Å²) in [7, 11) is 1.59. The van der Waals surface area contributed by atoms with Crippen LogP contribution in [0.3, 0.4) is 0 Å². The Morgan fingerprint density at radius 2 is 2.08 bits per heavy atom. The number of benzene rings is 1. The quantitative estimate of drug-likeness (QED) is 0.643. The number of methoxy groups -OCH3 is 1. The lowest BCUT2D eigenvalue weighted by atomic mass is 10.2. The van der Waals surface area contributed by atoms with Gasteiger partial charge in [-0.2, -0.15) is 0 Å². The van der Waals surface area contributed by atoms with E-state index in [-0.39, 0.29) is 24.8 Å². The van der Waals surface area contributed by atoms with Crippen molar-refractivity contribution in [3.8, 4) is 5.75 Å². The Bertz CT molecular complexity index is 890. The molecule has 128 valence electrons. The lowest BCUT2D eigenvalue weighted by Crippen LogP contribution is -2.28. The van der Waals surface area contributed by atoms with Crippen LogP contribution in [0.15, 0.2) is 48.7 Å². The lowest BCUT2D eigenvalue weighted by Gasteiger charge is -2.05. The van der Waals surface area contributed by atoms with Gasteiger partial charge >= 0.3 is 0 Å². The third-order valence-electron chi connectivity index (χ3n) is 3.66. The van der Waals surface area contributed by atoms with Crippen molar-refractivity contribution in [1.82, 2.24) is 15.3 Å². The van der Waals surface area contributed by atoms with E-state index in [1.165, 1.54) is 0 Å². The number of hydrogen-bond donors (Lipinski definition) is 3. The van der Waals surface area contributed by atoms with Gasteiger partial charge < -0.3 is 20.4 Å². The first-order valence-electron chi connectivity index (χ1n) is 7.82. The number of ether oxygens (including phenoxy) is 1. The normalized spacial score (nSPS) is 10.4. The number of carbonyl (C=O) groups excluding carboxylic acids is 2. The zero-order valence-electron chi connectivity index (χ0n) is 13.7. The van der Waals surface area contributed by atoms with Gasteiger partial charge in [0.15, 0.2) is 0 Å². The van der Waals surface area contributed by atoms with E-state index < -0.39 is 0 Å². The molecule has 2 amide bonds. The Morgan fingerprint density at radius 3 is 2.84 bits per heavy atom. The average molecular weight is 338 g/mol. The number of hydrogen-bond acceptors (Lipinski definition) is 4. The van der Waals surface area contributed by atoms with Gasteiger partial charge in [0.05, 0.1) is 7.11 Å². The maximum Gasteiger partial charge on any atom is 0.267 e. The Balaban J connectivity index is 1.55. The van der Waals surface area contributed by atoms with Crippen molar-refractivity contribution in [3.63, 3.8) is 0 Å². The number of aromatic amines is 1. The van der Waals surface area contributed by atoms with Gasteiger partial charge in [0, 0.05) is 30.1 Å². The molecule has 3 rings (SSSR count). The first kappa shape index (κ1) is 16.5. The first-order valence-corrected chi connectivity index (χ1v) is 7.82. The third-order valence-corrected chi connectivity index (χ3v) is 3.66. The lowest BCUT2D eigenvalue weighted by molar-refractivity contribution is -0.116. The van der Waals surface area contributed by atoms with Gasteiger partial charge in [-0.15, -0.1) is 0 Å². The molecule has 0 aliphatic rings. The second-order valence-electron chi connectivity index (χ2n) is 5.37. The van der Waals surface area contributed by atoms with Crippen LogP contribution in [-0.4, -0.2) is 35.4 Å². The molecule has 2 heterocycles. The summed E-state index contributed by atoms with van der Waals surface area (Å²) >= 11 is 0. The summed E-state index contributed by atoms with van der Waals surface area (Å²) in [5, 5.41) is 6.22. The highest BCUT2D eigenvalue weighted by Gasteiger charge is 2.12. The summed E-state index contributed by atoms with van der Waals surface area (Å²) in [6, 6.07) is 12.5. The minimum atomic E-state index is -0.274. The molecule has 25 heavy (non-hydrogen) atoms. The topological polar surface area (TPSA) is 96.1 Å². The monoisotopic (exact) mass is 338 g/mol. The standard InChI is InChI=1S/C18H18N4O3/c1-25-15-6-4-5-13-12(15)11-14(21-13)18(24)20-10-8-17(23)22-16-7-2-3-9-19-16/h2-7,9,11,21H,8,10H2,1H3,(H,20,24)(H,19,22,23). The number of carbonyl (C=O) groups is 2. The molecule has 0 atom stereocenters. The van der Waals surface area contributed by atoms with E-state index in [4.69, 9.17) is 4.74 Å². The van der Waals surface area contributed by atoms with E-state index in [0.29, 0.717) is 17.3 Å². The number of fused-ring (bicyclic) bond motifs is 1. The molecule has 0 fully saturated rings. The van der Waals surface area contributed by atoms with Crippen LogP contribution < -0.4 is 15.4 Å². The van der Waals surface area contributed by atoms with Crippen LogP contribution in [0.2, 0.25) is 0 Å². The van der Waals surface area contributed by atoms with Crippen LogP contribution in [0.5, 0.6) is 5.75 Å². The summed E-state index contributed by atoms with van der Waals surface area (Å²) in [6.45, 7) is 0.226. The van der Waals surface area contributed by atoms with Crippen molar-refractivity contribution in [2.24, 2.45) is 0 Å². The Kier molecular flexibility index (Phi) is 4.94. The van der Waals surface area contributed by atoms with E-state index in [0.717, 1.165) is 10.9 Å². The van der Waals surface area contributed by atoms with Crippen molar-refractivity contribution >= 4 is 28.5 Å². The minimum absolute atomic E-state index is 0.159. The zero-order valence-corrected chi connectivity index (χ0v) is 13.7. The molecule has 0 aliphatic carbocycles. The third kappa shape index (κ3) is 3.95. The van der Waals surface area contributed by atoms with Crippen LogP contribution in [-0.2, 0) is 4.79 Å². The fourth-order valence-electron chi connectivity index (χ4n) is 2.45. The van der Waals surface area contributed by atoms with Gasteiger partial charge in [-0.25, -0.2) is 4.98 Å². The van der Waals surface area contributed by atoms with E-state index >= 15 is 0 Å². The van der Waals surface area contributed by atoms with E-state index in [2.05, 4.69) is 20.6 Å². The smallest absolute Gasteiger partial charge is 0.267 e. The van der Waals surface area contributed by atoms with E-state index in [1.807, 2.05) is 18.2 Å². The average Bonchev–Trinajstić information content (AvgIpc) is 3.07. The van der Waals surface area contributed by atoms with E-state index in [1.54, 1.807) is 37.6 Å². The molecule has 7 heteroatoms. The van der Waals surface area contributed by atoms with Crippen molar-refractivity contribution in [2.75, 3.05) is 19.0 Å². The molecule has 0 spiro atoms. The highest BCUT2D eigenvalue weighted by molar-refractivity contribution is 6.00. The van der Waals surface area contributed by atoms with Gasteiger partial charge in [0.2, 0.25) is 5.91 Å². The number of rotatable bonds is 6. The van der Waals surface area contributed by atoms with Gasteiger partial charge in [0.25, 0.3) is 5.91 Å². The number of aromatic nitrogens is 2. The van der Waals surface area contributed by atoms with Crippen molar-refractivity contribution < 1.29 is 14.3 Å². The summed E-state index contributed by atoms with van der Waals surface area (Å²) in [6.07, 6.45) is 1.76. The van der Waals surface area contributed by atoms with Crippen molar-refractivity contribution in [2.45, 2.75) is 6.42 Å². The number of amides is 2. The van der Waals surface area contributed by atoms with Gasteiger partial charge in [-0.1, -0.05) is 12.1 Å². The van der Waals surface area contributed by atoms with Crippen molar-refractivity contribution in [3.05, 3.63) is 54.4 Å². The van der Waals surface area contributed by atoms with Crippen LogP contribution in [0, 0.1) is 0 Å². The Morgan fingerprint density at radius 1 is 1.20 bits per heavy atom. The SMILES string of the molecule is COc1cccc2[nH]c(C(=O)NCCC(=O)Nc3ccccn3)cc12. The van der Waals surface area contributed by atoms with Gasteiger partial charge in [0.1, 0.15) is 17.3 Å². The number of nitrogens with one attached hydrogen (secondary N) is 3. The number of anilines is 1. The molecule has 1 aromatic carbocycles. The predicted octanol–water partition coefficient (Wildman–Crippen LogP) is 2.33. The largest absolute Gasteiger partial charge is 0.496 e. The second kappa shape index (κ2) is 7.48. The highest BCUT2D eigenvalue weighted by Crippen LogP contribution is 2.25. The fraction of sp³-hybridized carbons (Fsp3) is 0.167. The molecular formula is C18H18N4O3. The van der Waals surface area contributed by atoms with Gasteiger partial charge in [-0.05, 0) is 30.3 Å². The Hall–Kier alpha value is -3.35. The highest BCUT2D eigenvalue weighted by atomic mass is 16.5. The maximum absolute atomic E-state index is 12.2. The number of nitrogens with zero attached hydrogens (tertiary/aromatic N) is 1. The molecule has 0 radical (unpaired) electrons. The molecular weight excluding hydrogens is 320 g/mol. The van der Waals surface area contributed by atoms with Crippen LogP contribution in [0.25, 0.3) is 10.9 Å². The molecule has 2 aromatic heterocycles. The Labute approximate surface area is 144 Å². The van der Waals surface area contributed by atoms with Crippen LogP contribution in [0.4, 0.5) is 5.82 Å². The molecule has 0 saturated heterocycles. The van der Waals surface area contributed by atoms with Crippen LogP contribution in [0.1, 0.15) is 16.9 Å². The fourth-order valence-corrected chi connectivity index (χ4v) is 2.45. The number of pyridine rings is 1. The molecule has 0 aliphatic heterocycles. The summed E-state index contributed by atoms with van der Waals surface area (Å²) in [5.74, 6) is 0.699. The molecule has 0 saturated carbocycles. The van der Waals surface area contributed by atoms with Crippen LogP contribution >= 0.6 is 0 Å². The molecule has 7 nitrogen and oxygen atoms in total. The van der Waals surface area contributed by atoms with Gasteiger partial charge in [-0.3, -0.25) is 9.59 Å². The zero-order chi connectivity index (χ0) is 17.6. The molecule has 0 bridgehead atoms. The van der Waals surface area contributed by atoms with Crippen molar-refractivity contribution in [1.29, 1.82) is 0 Å². The number of H-pyrrole nitrogens is 1. The summed E-state index contributed by atoms with van der Waals surface area (Å²) < 4.78 is 5.28. The first-order chi connectivity index (χ1) is 12.2. The minimum Gasteiger partial charge on any atom is -0.496 e. The maximum atomic E-state index is 12.2.